The van der Waals surface area contributed by atoms with Gasteiger partial charge in [0.15, 0.2) is 0 Å². The van der Waals surface area contributed by atoms with E-state index in [1.54, 1.807) is 36.4 Å². The average molecular weight is 371 g/mol. The third kappa shape index (κ3) is 3.41. The fourth-order valence-electron chi connectivity index (χ4n) is 2.05. The number of hydrogen-bond acceptors (Lipinski definition) is 5. The molecule has 23 heavy (non-hydrogen) atoms. The molecule has 0 spiro atoms. The van der Waals surface area contributed by atoms with E-state index >= 15 is 0 Å². The maximum atomic E-state index is 12.4. The zero-order valence-corrected chi connectivity index (χ0v) is 13.4. The van der Waals surface area contributed by atoms with Crippen molar-refractivity contribution >= 4 is 38.7 Å². The molecule has 3 rings (SSSR count). The van der Waals surface area contributed by atoms with E-state index in [1.165, 1.54) is 30.9 Å². The summed E-state index contributed by atoms with van der Waals surface area (Å²) in [5, 5.41) is 13.2. The van der Waals surface area contributed by atoms with Crippen LogP contribution in [0.3, 0.4) is 0 Å². The third-order valence-electron chi connectivity index (χ3n) is 3.13. The number of nitrogens with zero attached hydrogens (tertiary/aromatic N) is 4. The minimum atomic E-state index is 0.343. The second-order valence-electron chi connectivity index (χ2n) is 4.67. The molecule has 0 unspecified atom stereocenters. The van der Waals surface area contributed by atoms with Gasteiger partial charge in [0, 0.05) is 69.8 Å². The van der Waals surface area contributed by atoms with Gasteiger partial charge in [0.1, 0.15) is 0 Å². The zero-order chi connectivity index (χ0) is 16.2. The smallest absolute Gasteiger partial charge is 0.266 e. The molecule has 0 atom stereocenters. The third-order valence-corrected chi connectivity index (χ3v) is 3.59. The van der Waals surface area contributed by atoms with E-state index in [-0.39, 0.29) is 0 Å². The van der Waals surface area contributed by atoms with Crippen LogP contribution >= 0.6 is 15.9 Å². The molecule has 3 aromatic rings. The van der Waals surface area contributed by atoms with Crippen LogP contribution in [0.25, 0.3) is 0 Å². The number of anilines is 2. The summed E-state index contributed by atoms with van der Waals surface area (Å²) in [6.07, 6.45) is 6.15. The Kier molecular flexibility index (Phi) is 4.40. The molecule has 0 aliphatic heterocycles. The predicted octanol–water partition coefficient (Wildman–Crippen LogP) is 4.48. The maximum absolute atomic E-state index is 12.4. The number of halogens is 1. The first-order valence-electron chi connectivity index (χ1n) is 6.70. The first-order valence-corrected chi connectivity index (χ1v) is 7.49. The van der Waals surface area contributed by atoms with E-state index in [9.17, 15) is 10.1 Å². The second kappa shape index (κ2) is 6.64. The predicted molar refractivity (Wildman–Crippen MR) is 92.9 cm³/mol. The number of rotatable bonds is 4. The highest BCUT2D eigenvalue weighted by Crippen LogP contribution is 2.32. The van der Waals surface area contributed by atoms with Crippen molar-refractivity contribution in [3.8, 4) is 0 Å². The minimum absolute atomic E-state index is 0.343. The molecule has 2 aromatic heterocycles. The number of pyridine rings is 2. The van der Waals surface area contributed by atoms with Gasteiger partial charge in [-0.05, 0) is 18.2 Å². The van der Waals surface area contributed by atoms with E-state index in [0.717, 1.165) is 9.82 Å². The van der Waals surface area contributed by atoms with Crippen LogP contribution in [0.1, 0.15) is 0 Å². The van der Waals surface area contributed by atoms with Crippen molar-refractivity contribution in [2.75, 3.05) is 5.06 Å². The molecule has 114 valence electrons. The number of nitroso groups, excluding NO2 is 1. The molecule has 0 aliphatic rings. The van der Waals surface area contributed by atoms with Gasteiger partial charge in [0.2, 0.25) is 0 Å². The Morgan fingerprint density at radius 1 is 0.870 bits per heavy atom. The van der Waals surface area contributed by atoms with Gasteiger partial charge in [0.25, 0.3) is 11.4 Å². The molecule has 0 aliphatic carbocycles. The molecule has 2 heterocycles. The van der Waals surface area contributed by atoms with Crippen LogP contribution in [0.4, 0.5) is 22.7 Å². The molecule has 0 radical (unpaired) electrons. The highest BCUT2D eigenvalue weighted by atomic mass is 79.9. The Hall–Kier alpha value is -2.64. The Balaban J connectivity index is 1.98. The summed E-state index contributed by atoms with van der Waals surface area (Å²) in [5.74, 6) is 0. The molecule has 0 saturated heterocycles. The molecule has 0 fully saturated rings. The van der Waals surface area contributed by atoms with Crippen molar-refractivity contribution in [1.82, 2.24) is 14.7 Å². The molecule has 0 amide bonds. The van der Waals surface area contributed by atoms with Crippen molar-refractivity contribution in [3.63, 3.8) is 0 Å². The lowest BCUT2D eigenvalue weighted by molar-refractivity contribution is 1.04. The summed E-state index contributed by atoms with van der Waals surface area (Å²) in [6.45, 7) is 0. The molecule has 7 heteroatoms. The molecule has 0 N–H and O–H groups in total. The normalized spacial score (nSPS) is 10.3. The molecular formula is C16H11BrN4O2. The SMILES string of the molecule is O=[N+](c1ccncc1)c1cc(Br)cc(N([O-])c2ccncc2)c1. The lowest BCUT2D eigenvalue weighted by atomic mass is 10.2. The lowest BCUT2D eigenvalue weighted by Crippen LogP contribution is -2.08. The highest BCUT2D eigenvalue weighted by molar-refractivity contribution is 9.10. The van der Waals surface area contributed by atoms with Gasteiger partial charge < -0.3 is 10.3 Å². The minimum Gasteiger partial charge on any atom is -0.754 e. The van der Waals surface area contributed by atoms with E-state index in [1.807, 2.05) is 0 Å². The summed E-state index contributed by atoms with van der Waals surface area (Å²) in [5.41, 5.74) is 1.56. The monoisotopic (exact) mass is 370 g/mol. The van der Waals surface area contributed by atoms with Crippen molar-refractivity contribution in [1.29, 1.82) is 0 Å². The molecule has 6 nitrogen and oxygen atoms in total. The largest absolute Gasteiger partial charge is 0.754 e. The highest BCUT2D eigenvalue weighted by Gasteiger charge is 2.19. The van der Waals surface area contributed by atoms with Crippen molar-refractivity contribution in [3.05, 3.63) is 81.8 Å². The second-order valence-corrected chi connectivity index (χ2v) is 5.58. The Morgan fingerprint density at radius 2 is 1.48 bits per heavy atom. The van der Waals surface area contributed by atoms with Crippen LogP contribution in [0.15, 0.2) is 71.7 Å². The van der Waals surface area contributed by atoms with Crippen molar-refractivity contribution < 1.29 is 0 Å². The summed E-state index contributed by atoms with van der Waals surface area (Å²) in [6, 6.07) is 11.2. The number of benzene rings is 1. The number of aromatic nitrogens is 2. The summed E-state index contributed by atoms with van der Waals surface area (Å²) < 4.78 is 1.38. The molecule has 0 saturated carbocycles. The fourth-order valence-corrected chi connectivity index (χ4v) is 2.52. The average Bonchev–Trinajstić information content (AvgIpc) is 2.61. The van der Waals surface area contributed by atoms with Gasteiger partial charge >= 0.3 is 0 Å². The molecule has 0 bridgehead atoms. The van der Waals surface area contributed by atoms with Crippen LogP contribution in [0.2, 0.25) is 0 Å². The maximum Gasteiger partial charge on any atom is 0.266 e. The Labute approximate surface area is 140 Å². The fraction of sp³-hybridized carbons (Fsp3) is 0. The quantitative estimate of drug-likeness (QED) is 0.500. The Morgan fingerprint density at radius 3 is 2.13 bits per heavy atom. The first-order chi connectivity index (χ1) is 11.1. The van der Waals surface area contributed by atoms with Crippen LogP contribution in [-0.4, -0.2) is 9.97 Å². The van der Waals surface area contributed by atoms with Crippen molar-refractivity contribution in [2.24, 2.45) is 0 Å². The number of hydrogen-bond donors (Lipinski definition) is 0. The van der Waals surface area contributed by atoms with E-state index in [4.69, 9.17) is 0 Å². The van der Waals surface area contributed by atoms with Crippen LogP contribution in [0, 0.1) is 10.1 Å². The standard InChI is InChI=1S/C16H11BrN4O2/c17-12-9-15(20(22)13-1-5-18-6-2-13)11-16(10-12)21(23)14-3-7-19-8-4-14/h1-11H. The van der Waals surface area contributed by atoms with Gasteiger partial charge in [-0.2, -0.15) is 0 Å². The van der Waals surface area contributed by atoms with Crippen molar-refractivity contribution in [2.45, 2.75) is 0 Å². The lowest BCUT2D eigenvalue weighted by Gasteiger charge is -2.30. The zero-order valence-electron chi connectivity index (χ0n) is 11.8. The van der Waals surface area contributed by atoms with E-state index in [0.29, 0.717) is 27.2 Å². The van der Waals surface area contributed by atoms with E-state index < -0.39 is 0 Å². The van der Waals surface area contributed by atoms with Gasteiger partial charge in [-0.25, -0.2) is 0 Å². The summed E-state index contributed by atoms with van der Waals surface area (Å²) in [4.78, 5) is 20.2. The van der Waals surface area contributed by atoms with Gasteiger partial charge in [-0.15, -0.1) is 0 Å². The molecule has 1 aromatic carbocycles. The molecular weight excluding hydrogens is 360 g/mol. The Bertz CT molecular complexity index is 828. The van der Waals surface area contributed by atoms with E-state index in [2.05, 4.69) is 25.9 Å². The van der Waals surface area contributed by atoms with Gasteiger partial charge in [-0.1, -0.05) is 15.9 Å². The van der Waals surface area contributed by atoms with Gasteiger partial charge in [-0.3, -0.25) is 9.97 Å². The van der Waals surface area contributed by atoms with Crippen LogP contribution in [0.5, 0.6) is 0 Å². The topological polar surface area (TPSA) is 72.2 Å². The van der Waals surface area contributed by atoms with Crippen LogP contribution in [-0.2, 0) is 0 Å². The summed E-state index contributed by atoms with van der Waals surface area (Å²) >= 11 is 3.34. The van der Waals surface area contributed by atoms with Crippen LogP contribution < -0.4 is 9.82 Å². The first kappa shape index (κ1) is 15.3. The summed E-state index contributed by atoms with van der Waals surface area (Å²) in [7, 11) is 0. The van der Waals surface area contributed by atoms with Gasteiger partial charge in [0.05, 0.1) is 4.76 Å².